The van der Waals surface area contributed by atoms with Gasteiger partial charge in [0.2, 0.25) is 5.95 Å². The van der Waals surface area contributed by atoms with E-state index >= 15 is 0 Å². The van der Waals surface area contributed by atoms with Crippen LogP contribution in [0.3, 0.4) is 0 Å². The summed E-state index contributed by atoms with van der Waals surface area (Å²) >= 11 is 0. The SMILES string of the molecule is Cc1ncc(C(=O)NCCN(CCCO)C2CCCC2)cc1Nc1nn(C)c2nc(Nc3cnn(C)c3)ncc12. The maximum absolute atomic E-state index is 13.0. The number of carbonyl (C=O) groups excluding carboxylic acids is 1. The van der Waals surface area contributed by atoms with E-state index in [0.29, 0.717) is 41.3 Å². The first-order valence-corrected chi connectivity index (χ1v) is 13.7. The van der Waals surface area contributed by atoms with Crippen LogP contribution >= 0.6 is 0 Å². The van der Waals surface area contributed by atoms with Gasteiger partial charge in [-0.25, -0.2) is 9.67 Å². The molecule has 40 heavy (non-hydrogen) atoms. The third-order valence-corrected chi connectivity index (χ3v) is 7.27. The first-order valence-electron chi connectivity index (χ1n) is 13.7. The maximum Gasteiger partial charge on any atom is 0.252 e. The van der Waals surface area contributed by atoms with E-state index in [1.54, 1.807) is 34.0 Å². The summed E-state index contributed by atoms with van der Waals surface area (Å²) in [7, 11) is 3.66. The molecule has 0 aromatic carbocycles. The van der Waals surface area contributed by atoms with Crippen molar-refractivity contribution in [2.24, 2.45) is 14.1 Å². The fourth-order valence-corrected chi connectivity index (χ4v) is 5.15. The summed E-state index contributed by atoms with van der Waals surface area (Å²) < 4.78 is 3.38. The van der Waals surface area contributed by atoms with E-state index < -0.39 is 0 Å². The Hall–Kier alpha value is -4.10. The molecule has 1 amide bonds. The van der Waals surface area contributed by atoms with Gasteiger partial charge in [0.25, 0.3) is 5.91 Å². The molecule has 1 aliphatic carbocycles. The number of hydrogen-bond acceptors (Lipinski definition) is 10. The van der Waals surface area contributed by atoms with Crippen LogP contribution in [0.2, 0.25) is 0 Å². The minimum atomic E-state index is -0.176. The number of amides is 1. The molecule has 0 atom stereocenters. The van der Waals surface area contributed by atoms with Crippen molar-refractivity contribution < 1.29 is 9.90 Å². The molecule has 0 radical (unpaired) electrons. The number of anilines is 4. The molecule has 1 aliphatic rings. The summed E-state index contributed by atoms with van der Waals surface area (Å²) in [5.41, 5.74) is 3.32. The minimum absolute atomic E-state index is 0.176. The molecule has 4 aromatic rings. The molecular formula is C27H37N11O2. The minimum Gasteiger partial charge on any atom is -0.396 e. The molecule has 0 saturated heterocycles. The number of carbonyl (C=O) groups is 1. The van der Waals surface area contributed by atoms with Gasteiger partial charge in [0.05, 0.1) is 34.2 Å². The van der Waals surface area contributed by atoms with Crippen LogP contribution in [0.4, 0.5) is 23.1 Å². The summed E-state index contributed by atoms with van der Waals surface area (Å²) in [6.45, 7) is 4.21. The van der Waals surface area contributed by atoms with E-state index in [4.69, 9.17) is 0 Å². The van der Waals surface area contributed by atoms with Gasteiger partial charge >= 0.3 is 0 Å². The summed E-state index contributed by atoms with van der Waals surface area (Å²) in [5.74, 6) is 0.836. The molecular weight excluding hydrogens is 510 g/mol. The zero-order valence-corrected chi connectivity index (χ0v) is 23.3. The van der Waals surface area contributed by atoms with Crippen LogP contribution in [0.5, 0.6) is 0 Å². The average Bonchev–Trinajstić information content (AvgIpc) is 3.69. The van der Waals surface area contributed by atoms with Gasteiger partial charge in [-0.2, -0.15) is 15.2 Å². The molecule has 212 valence electrons. The topological polar surface area (TPSA) is 151 Å². The highest BCUT2D eigenvalue weighted by molar-refractivity contribution is 5.96. The van der Waals surface area contributed by atoms with Crippen LogP contribution in [0.25, 0.3) is 11.0 Å². The van der Waals surface area contributed by atoms with Crippen LogP contribution in [0.15, 0.2) is 30.9 Å². The third kappa shape index (κ3) is 6.37. The van der Waals surface area contributed by atoms with Gasteiger partial charge in [-0.3, -0.25) is 19.4 Å². The molecule has 0 unspecified atom stereocenters. The van der Waals surface area contributed by atoms with Crippen molar-refractivity contribution in [3.8, 4) is 0 Å². The zero-order chi connectivity index (χ0) is 28.1. The van der Waals surface area contributed by atoms with Gasteiger partial charge in [0, 0.05) is 65.0 Å². The van der Waals surface area contributed by atoms with E-state index in [9.17, 15) is 9.90 Å². The number of aliphatic hydroxyl groups excluding tert-OH is 1. The number of rotatable bonds is 12. The predicted octanol–water partition coefficient (Wildman–Crippen LogP) is 2.64. The second-order valence-corrected chi connectivity index (χ2v) is 10.2. The molecule has 0 spiro atoms. The Labute approximate surface area is 233 Å². The molecule has 1 fully saturated rings. The normalized spacial score (nSPS) is 13.8. The zero-order valence-electron chi connectivity index (χ0n) is 23.3. The van der Waals surface area contributed by atoms with Crippen molar-refractivity contribution in [2.75, 3.05) is 36.9 Å². The molecule has 4 aromatic heterocycles. The number of aryl methyl sites for hydroxylation is 3. The second kappa shape index (κ2) is 12.4. The number of aliphatic hydroxyl groups is 1. The van der Waals surface area contributed by atoms with Gasteiger partial charge in [-0.05, 0) is 32.3 Å². The molecule has 0 bridgehead atoms. The van der Waals surface area contributed by atoms with Crippen LogP contribution in [0, 0.1) is 6.92 Å². The smallest absolute Gasteiger partial charge is 0.252 e. The van der Waals surface area contributed by atoms with Gasteiger partial charge in [0.15, 0.2) is 11.5 Å². The highest BCUT2D eigenvalue weighted by atomic mass is 16.3. The van der Waals surface area contributed by atoms with Crippen molar-refractivity contribution in [2.45, 2.75) is 45.1 Å². The molecule has 13 nitrogen and oxygen atoms in total. The maximum atomic E-state index is 13.0. The van der Waals surface area contributed by atoms with Gasteiger partial charge < -0.3 is 21.1 Å². The lowest BCUT2D eigenvalue weighted by molar-refractivity contribution is 0.0941. The lowest BCUT2D eigenvalue weighted by atomic mass is 10.2. The van der Waals surface area contributed by atoms with Crippen LogP contribution in [0.1, 0.15) is 48.2 Å². The Kier molecular flexibility index (Phi) is 8.51. The number of hydrogen-bond donors (Lipinski definition) is 4. The van der Waals surface area contributed by atoms with Crippen molar-refractivity contribution in [3.05, 3.63) is 42.1 Å². The van der Waals surface area contributed by atoms with E-state index in [1.807, 2.05) is 27.2 Å². The second-order valence-electron chi connectivity index (χ2n) is 10.2. The lowest BCUT2D eigenvalue weighted by Crippen LogP contribution is -2.40. The Balaban J connectivity index is 1.25. The van der Waals surface area contributed by atoms with Crippen LogP contribution < -0.4 is 16.0 Å². The van der Waals surface area contributed by atoms with Gasteiger partial charge in [-0.1, -0.05) is 12.8 Å². The molecule has 13 heteroatoms. The molecule has 4 N–H and O–H groups in total. The highest BCUT2D eigenvalue weighted by Gasteiger charge is 2.22. The highest BCUT2D eigenvalue weighted by Crippen LogP contribution is 2.27. The number of aromatic nitrogens is 7. The van der Waals surface area contributed by atoms with Crippen LogP contribution in [-0.2, 0) is 14.1 Å². The molecule has 1 saturated carbocycles. The van der Waals surface area contributed by atoms with Crippen molar-refractivity contribution >= 4 is 40.1 Å². The number of fused-ring (bicyclic) bond motifs is 1. The first kappa shape index (κ1) is 27.5. The molecule has 0 aliphatic heterocycles. The average molecular weight is 548 g/mol. The van der Waals surface area contributed by atoms with Gasteiger partial charge in [-0.15, -0.1) is 0 Å². The fourth-order valence-electron chi connectivity index (χ4n) is 5.15. The Bertz CT molecular complexity index is 1460. The van der Waals surface area contributed by atoms with Crippen molar-refractivity contribution in [1.29, 1.82) is 0 Å². The number of nitrogens with one attached hydrogen (secondary N) is 3. The molecule has 4 heterocycles. The lowest BCUT2D eigenvalue weighted by Gasteiger charge is -2.28. The van der Waals surface area contributed by atoms with Crippen molar-refractivity contribution in [3.63, 3.8) is 0 Å². The molecule has 5 rings (SSSR count). The monoisotopic (exact) mass is 547 g/mol. The third-order valence-electron chi connectivity index (χ3n) is 7.27. The standard InChI is InChI=1S/C27H37N11O2/c1-18-23(13-19(14-29-18)26(40)28-9-11-38(10-6-12-39)21-7-4-5-8-21)33-24-22-16-30-27(34-25(22)37(3)35-24)32-20-15-31-36(2)17-20/h13-17,21,39H,4-12H2,1-3H3,(H,28,40)(H,33,35)(H,30,32,34). The Morgan fingerprint density at radius 1 is 1.12 bits per heavy atom. The summed E-state index contributed by atoms with van der Waals surface area (Å²) in [6.07, 6.45) is 12.5. The predicted molar refractivity (Wildman–Crippen MR) is 153 cm³/mol. The van der Waals surface area contributed by atoms with E-state index in [-0.39, 0.29) is 12.5 Å². The van der Waals surface area contributed by atoms with Crippen molar-refractivity contribution in [1.82, 2.24) is 44.7 Å². The number of nitrogens with zero attached hydrogens (tertiary/aromatic N) is 8. The Morgan fingerprint density at radius 2 is 1.95 bits per heavy atom. The van der Waals surface area contributed by atoms with E-state index in [0.717, 1.165) is 36.3 Å². The fraction of sp³-hybridized carbons (Fsp3) is 0.481. The quantitative estimate of drug-likeness (QED) is 0.208. The summed E-state index contributed by atoms with van der Waals surface area (Å²) in [5, 5.41) is 28.3. The first-order chi connectivity index (χ1) is 19.4. The number of pyridine rings is 1. The summed E-state index contributed by atoms with van der Waals surface area (Å²) in [4.78, 5) is 28.9. The largest absolute Gasteiger partial charge is 0.396 e. The summed E-state index contributed by atoms with van der Waals surface area (Å²) in [6, 6.07) is 2.33. The van der Waals surface area contributed by atoms with E-state index in [2.05, 4.69) is 46.0 Å². The van der Waals surface area contributed by atoms with Gasteiger partial charge in [0.1, 0.15) is 0 Å². The van der Waals surface area contributed by atoms with E-state index in [1.165, 1.54) is 25.7 Å². The van der Waals surface area contributed by atoms with Crippen LogP contribution in [-0.4, -0.2) is 82.7 Å². The Morgan fingerprint density at radius 3 is 2.70 bits per heavy atom.